The Kier molecular flexibility index (Phi) is 2.36. The van der Waals surface area contributed by atoms with Crippen molar-refractivity contribution < 1.29 is 9.90 Å². The van der Waals surface area contributed by atoms with E-state index in [-0.39, 0.29) is 6.54 Å². The van der Waals surface area contributed by atoms with Crippen LogP contribution in [0.25, 0.3) is 11.0 Å². The molecule has 0 aliphatic carbocycles. The molecule has 1 heterocycles. The first-order chi connectivity index (χ1) is 7.09. The molecule has 0 fully saturated rings. The third kappa shape index (κ3) is 1.68. The van der Waals surface area contributed by atoms with Crippen LogP contribution in [0, 0.1) is 6.92 Å². The van der Waals surface area contributed by atoms with Crippen LogP contribution >= 0.6 is 11.6 Å². The number of carboxylic acid groups (broad SMARTS) is 1. The van der Waals surface area contributed by atoms with Crippen molar-refractivity contribution in [2.24, 2.45) is 0 Å². The Balaban J connectivity index is 2.71. The highest BCUT2D eigenvalue weighted by Gasteiger charge is 2.12. The van der Waals surface area contributed by atoms with E-state index >= 15 is 0 Å². The SMILES string of the molecule is Cc1nc2cccc(Cl)c2n1CC(=O)O. The van der Waals surface area contributed by atoms with Gasteiger partial charge in [0.25, 0.3) is 0 Å². The molecule has 78 valence electrons. The van der Waals surface area contributed by atoms with Gasteiger partial charge in [-0.2, -0.15) is 0 Å². The summed E-state index contributed by atoms with van der Waals surface area (Å²) in [5.74, 6) is -0.252. The third-order valence-corrected chi connectivity index (χ3v) is 2.51. The lowest BCUT2D eigenvalue weighted by molar-refractivity contribution is -0.137. The molecule has 0 spiro atoms. The van der Waals surface area contributed by atoms with Crippen molar-refractivity contribution in [1.29, 1.82) is 0 Å². The number of hydrogen-bond donors (Lipinski definition) is 1. The number of carboxylic acids is 1. The number of para-hydroxylation sites is 1. The highest BCUT2D eigenvalue weighted by molar-refractivity contribution is 6.35. The van der Waals surface area contributed by atoms with Crippen LogP contribution in [-0.4, -0.2) is 20.6 Å². The molecule has 0 aliphatic rings. The molecule has 5 heteroatoms. The fourth-order valence-corrected chi connectivity index (χ4v) is 1.86. The highest BCUT2D eigenvalue weighted by atomic mass is 35.5. The predicted octanol–water partition coefficient (Wildman–Crippen LogP) is 2.08. The summed E-state index contributed by atoms with van der Waals surface area (Å²) in [6.07, 6.45) is 0. The van der Waals surface area contributed by atoms with Gasteiger partial charge in [0, 0.05) is 0 Å². The number of benzene rings is 1. The molecule has 2 aromatic rings. The molecule has 0 atom stereocenters. The summed E-state index contributed by atoms with van der Waals surface area (Å²) in [7, 11) is 0. The lowest BCUT2D eigenvalue weighted by Crippen LogP contribution is -2.10. The van der Waals surface area contributed by atoms with Gasteiger partial charge in [0.1, 0.15) is 12.4 Å². The molecule has 0 radical (unpaired) electrons. The van der Waals surface area contributed by atoms with E-state index in [1.807, 2.05) is 6.07 Å². The van der Waals surface area contributed by atoms with Gasteiger partial charge in [-0.15, -0.1) is 0 Å². The minimum Gasteiger partial charge on any atom is -0.480 e. The first-order valence-electron chi connectivity index (χ1n) is 4.42. The summed E-state index contributed by atoms with van der Waals surface area (Å²) in [6, 6.07) is 5.33. The summed E-state index contributed by atoms with van der Waals surface area (Å²) in [6.45, 7) is 1.64. The Morgan fingerprint density at radius 1 is 1.60 bits per heavy atom. The molecule has 0 unspecified atom stereocenters. The van der Waals surface area contributed by atoms with Crippen molar-refractivity contribution in [3.63, 3.8) is 0 Å². The largest absolute Gasteiger partial charge is 0.480 e. The van der Waals surface area contributed by atoms with Gasteiger partial charge < -0.3 is 9.67 Å². The Morgan fingerprint density at radius 3 is 3.00 bits per heavy atom. The summed E-state index contributed by atoms with van der Waals surface area (Å²) in [5.41, 5.74) is 1.40. The maximum atomic E-state index is 10.7. The van der Waals surface area contributed by atoms with Crippen LogP contribution < -0.4 is 0 Å². The van der Waals surface area contributed by atoms with Gasteiger partial charge in [-0.05, 0) is 19.1 Å². The van der Waals surface area contributed by atoms with E-state index < -0.39 is 5.97 Å². The standard InChI is InChI=1S/C10H9ClN2O2/c1-6-12-8-4-2-3-7(11)10(8)13(6)5-9(14)15/h2-4H,5H2,1H3,(H,14,15). The van der Waals surface area contributed by atoms with Crippen LogP contribution in [-0.2, 0) is 11.3 Å². The van der Waals surface area contributed by atoms with Crippen molar-refractivity contribution >= 4 is 28.6 Å². The number of aliphatic carboxylic acids is 1. The van der Waals surface area contributed by atoms with E-state index in [9.17, 15) is 4.79 Å². The third-order valence-electron chi connectivity index (χ3n) is 2.20. The average molecular weight is 225 g/mol. The molecule has 0 saturated carbocycles. The monoisotopic (exact) mass is 224 g/mol. The maximum Gasteiger partial charge on any atom is 0.323 e. The van der Waals surface area contributed by atoms with Crippen LogP contribution in [0.5, 0.6) is 0 Å². The Labute approximate surface area is 91.1 Å². The first-order valence-corrected chi connectivity index (χ1v) is 4.80. The zero-order valence-corrected chi connectivity index (χ0v) is 8.82. The topological polar surface area (TPSA) is 55.1 Å². The number of hydrogen-bond acceptors (Lipinski definition) is 2. The predicted molar refractivity (Wildman–Crippen MR) is 57.1 cm³/mol. The van der Waals surface area contributed by atoms with Gasteiger partial charge in [-0.25, -0.2) is 4.98 Å². The van der Waals surface area contributed by atoms with E-state index in [2.05, 4.69) is 4.98 Å². The number of aryl methyl sites for hydroxylation is 1. The van der Waals surface area contributed by atoms with Crippen LogP contribution in [0.15, 0.2) is 18.2 Å². The first kappa shape index (κ1) is 9.98. The van der Waals surface area contributed by atoms with Crippen molar-refractivity contribution in [3.05, 3.63) is 29.0 Å². The average Bonchev–Trinajstić information content (AvgIpc) is 2.43. The smallest absolute Gasteiger partial charge is 0.323 e. The molecule has 1 aromatic heterocycles. The lowest BCUT2D eigenvalue weighted by atomic mass is 10.3. The Hall–Kier alpha value is -1.55. The Morgan fingerprint density at radius 2 is 2.33 bits per heavy atom. The van der Waals surface area contributed by atoms with Crippen molar-refractivity contribution in [1.82, 2.24) is 9.55 Å². The van der Waals surface area contributed by atoms with E-state index in [1.54, 1.807) is 23.6 Å². The van der Waals surface area contributed by atoms with E-state index in [0.29, 0.717) is 16.4 Å². The second-order valence-corrected chi connectivity index (χ2v) is 3.65. The minimum absolute atomic E-state index is 0.119. The molecule has 2 rings (SSSR count). The second-order valence-electron chi connectivity index (χ2n) is 3.25. The molecule has 0 saturated heterocycles. The zero-order chi connectivity index (χ0) is 11.0. The van der Waals surface area contributed by atoms with Gasteiger partial charge >= 0.3 is 5.97 Å². The summed E-state index contributed by atoms with van der Waals surface area (Å²) >= 11 is 6.01. The molecule has 0 bridgehead atoms. The summed E-state index contributed by atoms with van der Waals surface area (Å²) < 4.78 is 1.60. The molecule has 0 amide bonds. The number of fused-ring (bicyclic) bond motifs is 1. The lowest BCUT2D eigenvalue weighted by Gasteiger charge is -2.03. The Bertz CT molecular complexity index is 533. The second kappa shape index (κ2) is 3.55. The van der Waals surface area contributed by atoms with Crippen molar-refractivity contribution in [3.8, 4) is 0 Å². The summed E-state index contributed by atoms with van der Waals surface area (Å²) in [4.78, 5) is 14.9. The molecule has 0 aliphatic heterocycles. The van der Waals surface area contributed by atoms with Gasteiger partial charge in [0.15, 0.2) is 0 Å². The molecular formula is C10H9ClN2O2. The van der Waals surface area contributed by atoms with Gasteiger partial charge in [-0.1, -0.05) is 17.7 Å². The van der Waals surface area contributed by atoms with Crippen molar-refractivity contribution in [2.45, 2.75) is 13.5 Å². The van der Waals surface area contributed by atoms with E-state index in [0.717, 1.165) is 5.52 Å². The maximum absolute atomic E-state index is 10.7. The van der Waals surface area contributed by atoms with Crippen LogP contribution in [0.4, 0.5) is 0 Å². The fraction of sp³-hybridized carbons (Fsp3) is 0.200. The number of nitrogens with zero attached hydrogens (tertiary/aromatic N) is 2. The number of imidazole rings is 1. The van der Waals surface area contributed by atoms with E-state index in [4.69, 9.17) is 16.7 Å². The zero-order valence-electron chi connectivity index (χ0n) is 8.07. The van der Waals surface area contributed by atoms with E-state index in [1.165, 1.54) is 0 Å². The molecule has 1 N–H and O–H groups in total. The number of carbonyl (C=O) groups is 1. The van der Waals surface area contributed by atoms with Gasteiger partial charge in [0.2, 0.25) is 0 Å². The fourth-order valence-electron chi connectivity index (χ4n) is 1.59. The number of rotatable bonds is 2. The minimum atomic E-state index is -0.905. The van der Waals surface area contributed by atoms with Crippen molar-refractivity contribution in [2.75, 3.05) is 0 Å². The van der Waals surface area contributed by atoms with Crippen LogP contribution in [0.1, 0.15) is 5.82 Å². The number of halogens is 1. The molecule has 15 heavy (non-hydrogen) atoms. The molecular weight excluding hydrogens is 216 g/mol. The summed E-state index contributed by atoms with van der Waals surface area (Å²) in [5, 5.41) is 9.29. The number of aromatic nitrogens is 2. The van der Waals surface area contributed by atoms with Crippen LogP contribution in [0.2, 0.25) is 5.02 Å². The molecule has 1 aromatic carbocycles. The van der Waals surface area contributed by atoms with Crippen LogP contribution in [0.3, 0.4) is 0 Å². The van der Waals surface area contributed by atoms with Gasteiger partial charge in [-0.3, -0.25) is 4.79 Å². The molecule has 4 nitrogen and oxygen atoms in total. The normalized spacial score (nSPS) is 10.8. The van der Waals surface area contributed by atoms with Gasteiger partial charge in [0.05, 0.1) is 16.1 Å². The quantitative estimate of drug-likeness (QED) is 0.850. The highest BCUT2D eigenvalue weighted by Crippen LogP contribution is 2.24.